The van der Waals surface area contributed by atoms with Crippen molar-refractivity contribution in [2.75, 3.05) is 7.11 Å². The van der Waals surface area contributed by atoms with Crippen molar-refractivity contribution in [1.29, 1.82) is 0 Å². The summed E-state index contributed by atoms with van der Waals surface area (Å²) in [6.07, 6.45) is 2.38. The minimum absolute atomic E-state index is 0.0531. The fourth-order valence-electron chi connectivity index (χ4n) is 2.26. The third kappa shape index (κ3) is 2.73. The topological polar surface area (TPSA) is 44.5 Å². The van der Waals surface area contributed by atoms with Crippen LogP contribution in [-0.4, -0.2) is 19.3 Å². The fraction of sp³-hybridized carbons (Fsp3) is 0.538. The number of rotatable bonds is 3. The summed E-state index contributed by atoms with van der Waals surface area (Å²) in [7, 11) is 1.64. The van der Waals surface area contributed by atoms with E-state index in [1.165, 1.54) is 0 Å². The van der Waals surface area contributed by atoms with Crippen molar-refractivity contribution in [3.63, 3.8) is 0 Å². The largest absolute Gasteiger partial charge is 0.496 e. The average Bonchev–Trinajstić information content (AvgIpc) is 2.75. The van der Waals surface area contributed by atoms with Crippen LogP contribution >= 0.6 is 11.6 Å². The summed E-state index contributed by atoms with van der Waals surface area (Å²) in [5.74, 6) is 0.769. The lowest BCUT2D eigenvalue weighted by Gasteiger charge is -2.22. The first-order valence-electron chi connectivity index (χ1n) is 5.86. The molecular formula is C13H18ClNO2. The van der Waals surface area contributed by atoms with Crippen molar-refractivity contribution < 1.29 is 9.47 Å². The highest BCUT2D eigenvalue weighted by Crippen LogP contribution is 2.34. The molecule has 0 spiro atoms. The Labute approximate surface area is 107 Å². The zero-order valence-electron chi connectivity index (χ0n) is 10.2. The molecule has 1 aromatic rings. The van der Waals surface area contributed by atoms with E-state index >= 15 is 0 Å². The van der Waals surface area contributed by atoms with Crippen LogP contribution in [0.25, 0.3) is 0 Å². The Morgan fingerprint density at radius 1 is 1.47 bits per heavy atom. The Kier molecular flexibility index (Phi) is 3.92. The first-order valence-corrected chi connectivity index (χ1v) is 6.24. The molecular weight excluding hydrogens is 238 g/mol. The molecule has 1 heterocycles. The maximum absolute atomic E-state index is 6.24. The van der Waals surface area contributed by atoms with Gasteiger partial charge in [0.2, 0.25) is 0 Å². The molecule has 0 saturated carbocycles. The van der Waals surface area contributed by atoms with Gasteiger partial charge in [0.05, 0.1) is 25.4 Å². The Bertz CT molecular complexity index is 397. The highest BCUT2D eigenvalue weighted by molar-refractivity contribution is 6.30. The molecule has 3 unspecified atom stereocenters. The zero-order chi connectivity index (χ0) is 12.4. The van der Waals surface area contributed by atoms with Crippen LogP contribution in [0.1, 0.15) is 31.4 Å². The number of benzene rings is 1. The predicted octanol–water partition coefficient (Wildman–Crippen LogP) is 2.92. The van der Waals surface area contributed by atoms with E-state index in [4.69, 9.17) is 26.8 Å². The first kappa shape index (κ1) is 12.7. The summed E-state index contributed by atoms with van der Waals surface area (Å²) in [4.78, 5) is 0. The van der Waals surface area contributed by atoms with Gasteiger partial charge in [-0.15, -0.1) is 0 Å². The van der Waals surface area contributed by atoms with Crippen molar-refractivity contribution in [3.8, 4) is 5.75 Å². The minimum atomic E-state index is -0.186. The summed E-state index contributed by atoms with van der Waals surface area (Å²) in [6.45, 7) is 2.07. The van der Waals surface area contributed by atoms with Crippen molar-refractivity contribution in [3.05, 3.63) is 28.8 Å². The average molecular weight is 256 g/mol. The monoisotopic (exact) mass is 255 g/mol. The standard InChI is InChI=1S/C13H18ClNO2/c1-8-3-5-12(17-8)13(15)10-7-9(14)4-6-11(10)16-2/h4,6-8,12-13H,3,5,15H2,1-2H3. The number of hydrogen-bond donors (Lipinski definition) is 1. The summed E-state index contributed by atoms with van der Waals surface area (Å²) in [6, 6.07) is 5.32. The first-order chi connectivity index (χ1) is 8.11. The van der Waals surface area contributed by atoms with Gasteiger partial charge in [0.25, 0.3) is 0 Å². The van der Waals surface area contributed by atoms with Crippen molar-refractivity contribution >= 4 is 11.6 Å². The number of methoxy groups -OCH3 is 1. The third-order valence-electron chi connectivity index (χ3n) is 3.22. The summed E-state index contributed by atoms with van der Waals surface area (Å²) in [5, 5.41) is 0.669. The van der Waals surface area contributed by atoms with Gasteiger partial charge in [0.1, 0.15) is 5.75 Å². The molecule has 4 heteroatoms. The smallest absolute Gasteiger partial charge is 0.123 e. The quantitative estimate of drug-likeness (QED) is 0.903. The van der Waals surface area contributed by atoms with Gasteiger partial charge in [-0.3, -0.25) is 0 Å². The van der Waals surface area contributed by atoms with Crippen molar-refractivity contribution in [2.45, 2.75) is 38.0 Å². The Morgan fingerprint density at radius 2 is 2.24 bits per heavy atom. The molecule has 0 amide bonds. The Hall–Kier alpha value is -0.770. The van der Waals surface area contributed by atoms with E-state index < -0.39 is 0 Å². The van der Waals surface area contributed by atoms with E-state index in [9.17, 15) is 0 Å². The lowest BCUT2D eigenvalue weighted by molar-refractivity contribution is 0.0397. The molecule has 1 aliphatic rings. The highest BCUT2D eigenvalue weighted by atomic mass is 35.5. The molecule has 2 N–H and O–H groups in total. The molecule has 0 aromatic heterocycles. The van der Waals surface area contributed by atoms with Gasteiger partial charge in [0, 0.05) is 10.6 Å². The predicted molar refractivity (Wildman–Crippen MR) is 68.5 cm³/mol. The molecule has 0 radical (unpaired) electrons. The van der Waals surface area contributed by atoms with Crippen LogP contribution in [-0.2, 0) is 4.74 Å². The SMILES string of the molecule is COc1ccc(Cl)cc1C(N)C1CCC(C)O1. The van der Waals surface area contributed by atoms with E-state index in [-0.39, 0.29) is 18.2 Å². The van der Waals surface area contributed by atoms with Gasteiger partial charge in [-0.1, -0.05) is 11.6 Å². The molecule has 17 heavy (non-hydrogen) atoms. The van der Waals surface area contributed by atoms with Crippen LogP contribution in [0.4, 0.5) is 0 Å². The minimum Gasteiger partial charge on any atom is -0.496 e. The van der Waals surface area contributed by atoms with Crippen LogP contribution in [0.2, 0.25) is 5.02 Å². The second kappa shape index (κ2) is 5.25. The molecule has 0 bridgehead atoms. The van der Waals surface area contributed by atoms with E-state index in [1.54, 1.807) is 13.2 Å². The Balaban J connectivity index is 2.23. The molecule has 2 rings (SSSR count). The van der Waals surface area contributed by atoms with Crippen molar-refractivity contribution in [1.82, 2.24) is 0 Å². The number of nitrogens with two attached hydrogens (primary N) is 1. The third-order valence-corrected chi connectivity index (χ3v) is 3.45. The van der Waals surface area contributed by atoms with E-state index in [0.29, 0.717) is 5.02 Å². The van der Waals surface area contributed by atoms with Gasteiger partial charge in [-0.25, -0.2) is 0 Å². The number of ether oxygens (including phenoxy) is 2. The second-order valence-electron chi connectivity index (χ2n) is 4.47. The van der Waals surface area contributed by atoms with Gasteiger partial charge in [-0.2, -0.15) is 0 Å². The maximum atomic E-state index is 6.24. The van der Waals surface area contributed by atoms with Crippen molar-refractivity contribution in [2.24, 2.45) is 5.73 Å². The molecule has 1 aromatic carbocycles. The molecule has 1 fully saturated rings. The number of hydrogen-bond acceptors (Lipinski definition) is 3. The molecule has 3 nitrogen and oxygen atoms in total. The molecule has 0 aliphatic carbocycles. The number of halogens is 1. The van der Waals surface area contributed by atoms with Gasteiger partial charge < -0.3 is 15.2 Å². The van der Waals surface area contributed by atoms with E-state index in [2.05, 4.69) is 6.92 Å². The lowest BCUT2D eigenvalue weighted by atomic mass is 9.99. The van der Waals surface area contributed by atoms with E-state index in [1.807, 2.05) is 12.1 Å². The van der Waals surface area contributed by atoms with Gasteiger partial charge in [0.15, 0.2) is 0 Å². The highest BCUT2D eigenvalue weighted by Gasteiger charge is 2.29. The molecule has 3 atom stereocenters. The van der Waals surface area contributed by atoms with Crippen LogP contribution in [0.3, 0.4) is 0 Å². The maximum Gasteiger partial charge on any atom is 0.123 e. The molecule has 1 saturated heterocycles. The zero-order valence-corrected chi connectivity index (χ0v) is 10.9. The normalized spacial score (nSPS) is 25.9. The molecule has 94 valence electrons. The second-order valence-corrected chi connectivity index (χ2v) is 4.91. The summed E-state index contributed by atoms with van der Waals surface area (Å²) >= 11 is 6.00. The van der Waals surface area contributed by atoms with E-state index in [0.717, 1.165) is 24.2 Å². The lowest BCUT2D eigenvalue weighted by Crippen LogP contribution is -2.26. The van der Waals surface area contributed by atoms with Crippen LogP contribution in [0.15, 0.2) is 18.2 Å². The van der Waals surface area contributed by atoms with Crippen LogP contribution < -0.4 is 10.5 Å². The van der Waals surface area contributed by atoms with Gasteiger partial charge in [-0.05, 0) is 38.0 Å². The van der Waals surface area contributed by atoms with Crippen LogP contribution in [0, 0.1) is 0 Å². The van der Waals surface area contributed by atoms with Crippen LogP contribution in [0.5, 0.6) is 5.75 Å². The van der Waals surface area contributed by atoms with Gasteiger partial charge >= 0.3 is 0 Å². The summed E-state index contributed by atoms with van der Waals surface area (Å²) in [5.41, 5.74) is 7.16. The Morgan fingerprint density at radius 3 is 2.82 bits per heavy atom. The summed E-state index contributed by atoms with van der Waals surface area (Å²) < 4.78 is 11.1. The molecule has 1 aliphatic heterocycles. The fourth-order valence-corrected chi connectivity index (χ4v) is 2.44.